The number of rotatable bonds is 4. The van der Waals surface area contributed by atoms with E-state index in [9.17, 15) is 4.79 Å². The van der Waals surface area contributed by atoms with Crippen LogP contribution in [-0.2, 0) is 4.79 Å². The van der Waals surface area contributed by atoms with Gasteiger partial charge in [0.15, 0.2) is 0 Å². The van der Waals surface area contributed by atoms with Crippen molar-refractivity contribution in [2.45, 2.75) is 57.4 Å². The van der Waals surface area contributed by atoms with Gasteiger partial charge in [0.05, 0.1) is 0 Å². The highest BCUT2D eigenvalue weighted by molar-refractivity contribution is 5.77. The summed E-state index contributed by atoms with van der Waals surface area (Å²) in [4.78, 5) is 14.8. The van der Waals surface area contributed by atoms with Crippen molar-refractivity contribution < 1.29 is 4.79 Å². The van der Waals surface area contributed by atoms with Crippen LogP contribution < -0.4 is 5.32 Å². The summed E-state index contributed by atoms with van der Waals surface area (Å²) >= 11 is 0. The summed E-state index contributed by atoms with van der Waals surface area (Å²) in [7, 11) is 1.99. The van der Waals surface area contributed by atoms with Gasteiger partial charge < -0.3 is 10.2 Å². The molecule has 1 aliphatic heterocycles. The summed E-state index contributed by atoms with van der Waals surface area (Å²) in [6.07, 6.45) is 10.1. The molecule has 3 fully saturated rings. The molecule has 108 valence electrons. The second-order valence-electron chi connectivity index (χ2n) is 6.93. The molecule has 3 nitrogen and oxygen atoms in total. The minimum absolute atomic E-state index is 0.442. The Kier molecular flexibility index (Phi) is 4.11. The Bertz CT molecular complexity index is 329. The first kappa shape index (κ1) is 13.4. The van der Waals surface area contributed by atoms with Crippen LogP contribution in [0.15, 0.2) is 0 Å². The molecule has 3 rings (SSSR count). The van der Waals surface area contributed by atoms with E-state index in [2.05, 4.69) is 10.2 Å². The van der Waals surface area contributed by atoms with E-state index in [1.807, 2.05) is 7.05 Å². The van der Waals surface area contributed by atoms with E-state index in [1.165, 1.54) is 44.9 Å². The lowest BCUT2D eigenvalue weighted by Crippen LogP contribution is -2.48. The zero-order chi connectivity index (χ0) is 13.2. The zero-order valence-electron chi connectivity index (χ0n) is 12.2. The monoisotopic (exact) mass is 264 g/mol. The average Bonchev–Trinajstić information content (AvgIpc) is 3.02. The van der Waals surface area contributed by atoms with Crippen LogP contribution in [0.25, 0.3) is 0 Å². The second-order valence-corrected chi connectivity index (χ2v) is 6.93. The van der Waals surface area contributed by atoms with Gasteiger partial charge in [0.25, 0.3) is 0 Å². The quantitative estimate of drug-likeness (QED) is 0.845. The van der Waals surface area contributed by atoms with E-state index in [0.717, 1.165) is 31.3 Å². The Hall–Kier alpha value is -0.570. The maximum absolute atomic E-state index is 12.6. The van der Waals surface area contributed by atoms with Crippen molar-refractivity contribution in [1.29, 1.82) is 0 Å². The maximum Gasteiger partial charge on any atom is 0.223 e. The lowest BCUT2D eigenvalue weighted by molar-refractivity contribution is -0.136. The molecular weight excluding hydrogens is 236 g/mol. The first-order valence-corrected chi connectivity index (χ1v) is 8.22. The average molecular weight is 264 g/mol. The molecule has 0 radical (unpaired) electrons. The molecule has 0 aromatic heterocycles. The van der Waals surface area contributed by atoms with Gasteiger partial charge in [0.1, 0.15) is 0 Å². The van der Waals surface area contributed by atoms with Crippen molar-refractivity contribution in [3.05, 3.63) is 0 Å². The van der Waals surface area contributed by atoms with Crippen LogP contribution in [-0.4, -0.2) is 37.0 Å². The SMILES string of the molecule is CNCC1CCCCN1C(=O)CC1CC2CCC1C2. The summed E-state index contributed by atoms with van der Waals surface area (Å²) < 4.78 is 0. The number of piperidine rings is 1. The molecule has 1 heterocycles. The molecule has 0 aromatic carbocycles. The van der Waals surface area contributed by atoms with Gasteiger partial charge in [-0.25, -0.2) is 0 Å². The molecular formula is C16H28N2O. The van der Waals surface area contributed by atoms with Crippen LogP contribution in [0.1, 0.15) is 51.4 Å². The van der Waals surface area contributed by atoms with E-state index in [-0.39, 0.29) is 0 Å². The van der Waals surface area contributed by atoms with E-state index < -0.39 is 0 Å². The summed E-state index contributed by atoms with van der Waals surface area (Å²) in [6, 6.07) is 0.449. The van der Waals surface area contributed by atoms with E-state index in [0.29, 0.717) is 17.9 Å². The fourth-order valence-electron chi connectivity index (χ4n) is 4.74. The molecule has 4 atom stereocenters. The Balaban J connectivity index is 1.56. The maximum atomic E-state index is 12.6. The normalized spacial score (nSPS) is 37.8. The number of carbonyl (C=O) groups is 1. The van der Waals surface area contributed by atoms with Gasteiger partial charge in [-0.1, -0.05) is 6.42 Å². The van der Waals surface area contributed by atoms with Crippen LogP contribution in [0, 0.1) is 17.8 Å². The number of likely N-dealkylation sites (tertiary alicyclic amines) is 1. The third-order valence-electron chi connectivity index (χ3n) is 5.71. The van der Waals surface area contributed by atoms with E-state index in [1.54, 1.807) is 0 Å². The Labute approximate surface area is 117 Å². The topological polar surface area (TPSA) is 32.3 Å². The molecule has 19 heavy (non-hydrogen) atoms. The molecule has 2 aliphatic carbocycles. The Morgan fingerprint density at radius 2 is 2.11 bits per heavy atom. The standard InChI is InChI=1S/C16H28N2O/c1-17-11-15-4-2-3-7-18(15)16(19)10-14-9-12-5-6-13(14)8-12/h12-15,17H,2-11H2,1H3. The van der Waals surface area contributed by atoms with Crippen molar-refractivity contribution in [3.63, 3.8) is 0 Å². The van der Waals surface area contributed by atoms with Crippen molar-refractivity contribution in [1.82, 2.24) is 10.2 Å². The fourth-order valence-corrected chi connectivity index (χ4v) is 4.74. The van der Waals surface area contributed by atoms with Crippen molar-refractivity contribution in [3.8, 4) is 0 Å². The number of nitrogens with zero attached hydrogens (tertiary/aromatic N) is 1. The summed E-state index contributed by atoms with van der Waals surface area (Å²) in [5.74, 6) is 2.99. The smallest absolute Gasteiger partial charge is 0.223 e. The highest BCUT2D eigenvalue weighted by atomic mass is 16.2. The first-order valence-electron chi connectivity index (χ1n) is 8.22. The highest BCUT2D eigenvalue weighted by Crippen LogP contribution is 2.49. The van der Waals surface area contributed by atoms with Crippen LogP contribution in [0.4, 0.5) is 0 Å². The number of carbonyl (C=O) groups excluding carboxylic acids is 1. The van der Waals surface area contributed by atoms with Gasteiger partial charge in [-0.05, 0) is 63.3 Å². The van der Waals surface area contributed by atoms with Crippen LogP contribution in [0.5, 0.6) is 0 Å². The largest absolute Gasteiger partial charge is 0.338 e. The Morgan fingerprint density at radius 1 is 1.21 bits per heavy atom. The molecule has 2 saturated carbocycles. The number of amides is 1. The Morgan fingerprint density at radius 3 is 2.79 bits per heavy atom. The zero-order valence-corrected chi connectivity index (χ0v) is 12.2. The minimum Gasteiger partial charge on any atom is -0.338 e. The summed E-state index contributed by atoms with van der Waals surface area (Å²) in [5.41, 5.74) is 0. The van der Waals surface area contributed by atoms with Crippen molar-refractivity contribution in [2.75, 3.05) is 20.1 Å². The van der Waals surface area contributed by atoms with Gasteiger partial charge in [0.2, 0.25) is 5.91 Å². The molecule has 1 amide bonds. The van der Waals surface area contributed by atoms with Crippen LogP contribution in [0.3, 0.4) is 0 Å². The fraction of sp³-hybridized carbons (Fsp3) is 0.938. The lowest BCUT2D eigenvalue weighted by Gasteiger charge is -2.37. The minimum atomic E-state index is 0.442. The molecule has 1 saturated heterocycles. The van der Waals surface area contributed by atoms with Gasteiger partial charge in [-0.2, -0.15) is 0 Å². The van der Waals surface area contributed by atoms with Crippen LogP contribution in [0.2, 0.25) is 0 Å². The number of nitrogens with one attached hydrogen (secondary N) is 1. The van der Waals surface area contributed by atoms with Gasteiger partial charge in [-0.3, -0.25) is 4.79 Å². The van der Waals surface area contributed by atoms with Gasteiger partial charge >= 0.3 is 0 Å². The van der Waals surface area contributed by atoms with E-state index in [4.69, 9.17) is 0 Å². The molecule has 3 heteroatoms. The third kappa shape index (κ3) is 2.81. The van der Waals surface area contributed by atoms with Crippen LogP contribution >= 0.6 is 0 Å². The van der Waals surface area contributed by atoms with E-state index >= 15 is 0 Å². The van der Waals surface area contributed by atoms with Gasteiger partial charge in [0, 0.05) is 25.6 Å². The first-order chi connectivity index (χ1) is 9.28. The second kappa shape index (κ2) is 5.82. The molecule has 4 unspecified atom stereocenters. The van der Waals surface area contributed by atoms with Gasteiger partial charge in [-0.15, -0.1) is 0 Å². The third-order valence-corrected chi connectivity index (χ3v) is 5.71. The molecule has 0 aromatic rings. The van der Waals surface area contributed by atoms with Crippen molar-refractivity contribution >= 4 is 5.91 Å². The number of likely N-dealkylation sites (N-methyl/N-ethyl adjacent to an activating group) is 1. The lowest BCUT2D eigenvalue weighted by atomic mass is 9.85. The summed E-state index contributed by atoms with van der Waals surface area (Å²) in [5, 5.41) is 3.25. The summed E-state index contributed by atoms with van der Waals surface area (Å²) in [6.45, 7) is 1.95. The predicted molar refractivity (Wildman–Crippen MR) is 76.8 cm³/mol. The molecule has 2 bridgehead atoms. The molecule has 0 spiro atoms. The molecule has 3 aliphatic rings. The number of hydrogen-bond donors (Lipinski definition) is 1. The number of fused-ring (bicyclic) bond motifs is 2. The molecule has 1 N–H and O–H groups in total. The highest BCUT2D eigenvalue weighted by Gasteiger charge is 2.41. The predicted octanol–water partition coefficient (Wildman–Crippen LogP) is 2.41. The number of hydrogen-bond acceptors (Lipinski definition) is 2. The van der Waals surface area contributed by atoms with Crippen molar-refractivity contribution in [2.24, 2.45) is 17.8 Å².